The molecule has 0 saturated heterocycles. The summed E-state index contributed by atoms with van der Waals surface area (Å²) < 4.78 is 15.1. The maximum absolute atomic E-state index is 13.3. The average molecular weight is 211 g/mol. The van der Waals surface area contributed by atoms with Gasteiger partial charge in [0.1, 0.15) is 5.82 Å². The molecule has 2 aromatic rings. The summed E-state index contributed by atoms with van der Waals surface area (Å²) in [6, 6.07) is 4.67. The van der Waals surface area contributed by atoms with Crippen LogP contribution in [0.5, 0.6) is 0 Å². The zero-order valence-corrected chi connectivity index (χ0v) is 8.08. The molecule has 1 aromatic heterocycles. The third kappa shape index (κ3) is 1.93. The molecule has 2 nitrogen and oxygen atoms in total. The van der Waals surface area contributed by atoms with Gasteiger partial charge >= 0.3 is 0 Å². The van der Waals surface area contributed by atoms with E-state index in [4.69, 9.17) is 11.6 Å². The van der Waals surface area contributed by atoms with Gasteiger partial charge in [-0.3, -0.25) is 0 Å². The summed E-state index contributed by atoms with van der Waals surface area (Å²) in [7, 11) is 0. The maximum Gasteiger partial charge on any atom is 0.129 e. The standard InChI is InChI=1S/C10H8ClFN2/c11-9-2-1-8(10(12)5-9)6-14-4-3-13-7-14/h1-5,7H,6H2. The first-order chi connectivity index (χ1) is 6.75. The Morgan fingerprint density at radius 1 is 1.43 bits per heavy atom. The summed E-state index contributed by atoms with van der Waals surface area (Å²) in [6.45, 7) is 0.475. The molecular formula is C10H8ClFN2. The van der Waals surface area contributed by atoms with Crippen LogP contribution >= 0.6 is 11.6 Å². The molecule has 4 heteroatoms. The lowest BCUT2D eigenvalue weighted by Crippen LogP contribution is -1.98. The number of halogens is 2. The van der Waals surface area contributed by atoms with Gasteiger partial charge in [0.2, 0.25) is 0 Å². The van der Waals surface area contributed by atoms with Gasteiger partial charge in [0.05, 0.1) is 12.9 Å². The Kier molecular flexibility index (Phi) is 2.50. The average Bonchev–Trinajstić information content (AvgIpc) is 2.62. The van der Waals surface area contributed by atoms with Crippen molar-refractivity contribution in [3.8, 4) is 0 Å². The van der Waals surface area contributed by atoms with E-state index in [9.17, 15) is 4.39 Å². The minimum Gasteiger partial charge on any atom is -0.333 e. The molecule has 0 atom stereocenters. The first-order valence-corrected chi connectivity index (χ1v) is 4.53. The van der Waals surface area contributed by atoms with Crippen molar-refractivity contribution in [1.29, 1.82) is 0 Å². The number of aromatic nitrogens is 2. The highest BCUT2D eigenvalue weighted by Crippen LogP contribution is 2.15. The SMILES string of the molecule is Fc1cc(Cl)ccc1Cn1ccnc1. The fourth-order valence-corrected chi connectivity index (χ4v) is 1.39. The van der Waals surface area contributed by atoms with Crippen molar-refractivity contribution >= 4 is 11.6 Å². The highest BCUT2D eigenvalue weighted by atomic mass is 35.5. The summed E-state index contributed by atoms with van der Waals surface area (Å²) in [5.41, 5.74) is 0.604. The van der Waals surface area contributed by atoms with Crippen LogP contribution in [0.15, 0.2) is 36.9 Å². The van der Waals surface area contributed by atoms with Gasteiger partial charge in [-0.2, -0.15) is 0 Å². The number of imidazole rings is 1. The Hall–Kier alpha value is -1.35. The molecule has 2 rings (SSSR count). The Balaban J connectivity index is 2.25. The minimum absolute atomic E-state index is 0.286. The summed E-state index contributed by atoms with van der Waals surface area (Å²) in [6.07, 6.45) is 5.09. The van der Waals surface area contributed by atoms with Crippen LogP contribution in [0.1, 0.15) is 5.56 Å². The Labute approximate surface area is 86.0 Å². The first kappa shape index (κ1) is 9.21. The van der Waals surface area contributed by atoms with E-state index in [2.05, 4.69) is 4.98 Å². The number of benzene rings is 1. The Morgan fingerprint density at radius 3 is 2.93 bits per heavy atom. The predicted octanol–water partition coefficient (Wildman–Crippen LogP) is 2.72. The van der Waals surface area contributed by atoms with E-state index in [1.165, 1.54) is 6.07 Å². The second-order valence-electron chi connectivity index (χ2n) is 2.97. The predicted molar refractivity (Wildman–Crippen MR) is 52.7 cm³/mol. The van der Waals surface area contributed by atoms with Crippen LogP contribution in [0.3, 0.4) is 0 Å². The molecule has 0 amide bonds. The van der Waals surface area contributed by atoms with Gasteiger partial charge in [-0.25, -0.2) is 9.37 Å². The van der Waals surface area contributed by atoms with Gasteiger partial charge in [0.25, 0.3) is 0 Å². The van der Waals surface area contributed by atoms with Crippen LogP contribution in [0.4, 0.5) is 4.39 Å². The van der Waals surface area contributed by atoms with E-state index in [1.807, 2.05) is 0 Å². The summed E-state index contributed by atoms with van der Waals surface area (Å²) in [5, 5.41) is 0.414. The third-order valence-corrected chi connectivity index (χ3v) is 2.16. The normalized spacial score (nSPS) is 10.4. The van der Waals surface area contributed by atoms with Crippen molar-refractivity contribution in [3.05, 3.63) is 53.3 Å². The number of rotatable bonds is 2. The quantitative estimate of drug-likeness (QED) is 0.745. The lowest BCUT2D eigenvalue weighted by molar-refractivity contribution is 0.599. The van der Waals surface area contributed by atoms with Crippen LogP contribution in [-0.4, -0.2) is 9.55 Å². The maximum atomic E-state index is 13.3. The van der Waals surface area contributed by atoms with Crippen molar-refractivity contribution in [2.75, 3.05) is 0 Å². The topological polar surface area (TPSA) is 17.8 Å². The minimum atomic E-state index is -0.286. The lowest BCUT2D eigenvalue weighted by Gasteiger charge is -2.03. The lowest BCUT2D eigenvalue weighted by atomic mass is 10.2. The van der Waals surface area contributed by atoms with Crippen LogP contribution in [0, 0.1) is 5.82 Å². The molecule has 0 aliphatic heterocycles. The monoisotopic (exact) mass is 210 g/mol. The van der Waals surface area contributed by atoms with Crippen molar-refractivity contribution in [2.24, 2.45) is 0 Å². The van der Waals surface area contributed by atoms with Crippen molar-refractivity contribution in [2.45, 2.75) is 6.54 Å². The fourth-order valence-electron chi connectivity index (χ4n) is 1.23. The van der Waals surface area contributed by atoms with Gasteiger partial charge in [-0.05, 0) is 12.1 Å². The van der Waals surface area contributed by atoms with E-state index in [0.717, 1.165) is 0 Å². The van der Waals surface area contributed by atoms with Gasteiger partial charge in [0, 0.05) is 23.0 Å². The zero-order chi connectivity index (χ0) is 9.97. The molecule has 0 unspecified atom stereocenters. The molecule has 1 heterocycles. The Morgan fingerprint density at radius 2 is 2.29 bits per heavy atom. The van der Waals surface area contributed by atoms with Crippen LogP contribution < -0.4 is 0 Å². The molecule has 0 aliphatic carbocycles. The molecule has 14 heavy (non-hydrogen) atoms. The van der Waals surface area contributed by atoms with Gasteiger partial charge in [-0.1, -0.05) is 17.7 Å². The molecule has 0 fully saturated rings. The highest BCUT2D eigenvalue weighted by molar-refractivity contribution is 6.30. The van der Waals surface area contributed by atoms with Crippen LogP contribution in [0.25, 0.3) is 0 Å². The van der Waals surface area contributed by atoms with Gasteiger partial charge in [-0.15, -0.1) is 0 Å². The van der Waals surface area contributed by atoms with Gasteiger partial charge < -0.3 is 4.57 Å². The zero-order valence-electron chi connectivity index (χ0n) is 7.32. The smallest absolute Gasteiger partial charge is 0.129 e. The molecule has 0 saturated carbocycles. The van der Waals surface area contributed by atoms with E-state index in [1.54, 1.807) is 35.4 Å². The van der Waals surface area contributed by atoms with Crippen LogP contribution in [0.2, 0.25) is 5.02 Å². The van der Waals surface area contributed by atoms with E-state index >= 15 is 0 Å². The second-order valence-corrected chi connectivity index (χ2v) is 3.41. The van der Waals surface area contributed by atoms with Crippen molar-refractivity contribution < 1.29 is 4.39 Å². The van der Waals surface area contributed by atoms with Gasteiger partial charge in [0.15, 0.2) is 0 Å². The second kappa shape index (κ2) is 3.80. The summed E-state index contributed by atoms with van der Waals surface area (Å²) in [4.78, 5) is 3.88. The molecule has 0 aliphatic rings. The van der Waals surface area contributed by atoms with E-state index in [-0.39, 0.29) is 5.82 Å². The number of hydrogen-bond donors (Lipinski definition) is 0. The van der Waals surface area contributed by atoms with E-state index < -0.39 is 0 Å². The summed E-state index contributed by atoms with van der Waals surface area (Å²) >= 11 is 5.64. The Bertz CT molecular complexity index is 426. The van der Waals surface area contributed by atoms with Crippen molar-refractivity contribution in [1.82, 2.24) is 9.55 Å². The molecule has 0 radical (unpaired) electrons. The molecule has 1 aromatic carbocycles. The number of nitrogens with zero attached hydrogens (tertiary/aromatic N) is 2. The molecule has 0 N–H and O–H groups in total. The largest absolute Gasteiger partial charge is 0.333 e. The molecule has 72 valence electrons. The van der Waals surface area contributed by atoms with E-state index in [0.29, 0.717) is 17.1 Å². The molecular weight excluding hydrogens is 203 g/mol. The molecule has 0 spiro atoms. The summed E-state index contributed by atoms with van der Waals surface area (Å²) in [5.74, 6) is -0.286. The van der Waals surface area contributed by atoms with Crippen LogP contribution in [-0.2, 0) is 6.54 Å². The fraction of sp³-hybridized carbons (Fsp3) is 0.100. The molecule has 0 bridgehead atoms. The highest BCUT2D eigenvalue weighted by Gasteiger charge is 2.02. The first-order valence-electron chi connectivity index (χ1n) is 4.15. The third-order valence-electron chi connectivity index (χ3n) is 1.93. The van der Waals surface area contributed by atoms with Crippen molar-refractivity contribution in [3.63, 3.8) is 0 Å². The number of hydrogen-bond acceptors (Lipinski definition) is 1.